The third-order valence-corrected chi connectivity index (χ3v) is 3.47. The highest BCUT2D eigenvalue weighted by Crippen LogP contribution is 2.27. The molecule has 1 aliphatic heterocycles. The number of nitrogens with one attached hydrogen (secondary N) is 1. The number of fused-ring (bicyclic) bond motifs is 1. The van der Waals surface area contributed by atoms with Crippen LogP contribution in [0.5, 0.6) is 0 Å². The minimum atomic E-state index is -4.02. The molecule has 0 aromatic heterocycles. The zero-order valence-corrected chi connectivity index (χ0v) is 9.22. The number of nitrogens with two attached hydrogens (primary N) is 1. The van der Waals surface area contributed by atoms with Crippen LogP contribution in [-0.4, -0.2) is 20.2 Å². The molecule has 6 nitrogen and oxygen atoms in total. The number of primary sulfonamides is 1. The van der Waals surface area contributed by atoms with E-state index in [0.717, 1.165) is 12.1 Å². The molecule has 3 N–H and O–H groups in total. The number of carbonyl (C=O) groups excluding carboxylic acids is 2. The Balaban J connectivity index is 2.77. The SMILES string of the molecule is NS(=O)(=O)c1cc2c(cc1Cl)C(=O)NC2=O. The zero-order chi connectivity index (χ0) is 12.1. The summed E-state index contributed by atoms with van der Waals surface area (Å²) < 4.78 is 22.2. The minimum absolute atomic E-state index is 0.0431. The van der Waals surface area contributed by atoms with E-state index < -0.39 is 21.8 Å². The van der Waals surface area contributed by atoms with E-state index in [0.29, 0.717) is 0 Å². The first kappa shape index (κ1) is 11.1. The highest BCUT2D eigenvalue weighted by Gasteiger charge is 2.29. The van der Waals surface area contributed by atoms with Crippen LogP contribution in [0, 0.1) is 0 Å². The van der Waals surface area contributed by atoms with E-state index in [1.165, 1.54) is 0 Å². The van der Waals surface area contributed by atoms with Crippen LogP contribution < -0.4 is 10.5 Å². The van der Waals surface area contributed by atoms with E-state index in [1.54, 1.807) is 0 Å². The highest BCUT2D eigenvalue weighted by atomic mass is 35.5. The van der Waals surface area contributed by atoms with Crippen molar-refractivity contribution in [2.24, 2.45) is 5.14 Å². The van der Waals surface area contributed by atoms with Gasteiger partial charge in [-0.15, -0.1) is 0 Å². The lowest BCUT2D eigenvalue weighted by Crippen LogP contribution is -2.19. The topological polar surface area (TPSA) is 106 Å². The Labute approximate surface area is 95.4 Å². The molecule has 0 spiro atoms. The van der Waals surface area contributed by atoms with Gasteiger partial charge in [-0.05, 0) is 12.1 Å². The van der Waals surface area contributed by atoms with Crippen LogP contribution in [0.3, 0.4) is 0 Å². The average Bonchev–Trinajstić information content (AvgIpc) is 2.39. The summed E-state index contributed by atoms with van der Waals surface area (Å²) in [6.45, 7) is 0. The number of imide groups is 1. The Morgan fingerprint density at radius 2 is 1.62 bits per heavy atom. The van der Waals surface area contributed by atoms with Crippen LogP contribution in [0.1, 0.15) is 20.7 Å². The van der Waals surface area contributed by atoms with Crippen molar-refractivity contribution in [3.63, 3.8) is 0 Å². The smallest absolute Gasteiger partial charge is 0.258 e. The molecule has 0 atom stereocenters. The maximum atomic E-state index is 11.3. The van der Waals surface area contributed by atoms with Gasteiger partial charge in [-0.25, -0.2) is 13.6 Å². The molecule has 0 bridgehead atoms. The van der Waals surface area contributed by atoms with Gasteiger partial charge < -0.3 is 0 Å². The summed E-state index contributed by atoms with van der Waals surface area (Å²) >= 11 is 5.66. The Bertz CT molecular complexity index is 623. The molecule has 0 fully saturated rings. The molecule has 2 rings (SSSR count). The number of amides is 2. The number of benzene rings is 1. The Morgan fingerprint density at radius 3 is 2.12 bits per heavy atom. The molecule has 0 aliphatic carbocycles. The summed E-state index contributed by atoms with van der Waals surface area (Å²) in [6, 6.07) is 2.10. The standard InChI is InChI=1S/C8H5ClN2O4S/c9-5-1-3-4(8(13)11-7(3)12)2-6(5)16(10,14)15/h1-2H,(H2,10,14,15)(H,11,12,13). The maximum absolute atomic E-state index is 11.3. The van der Waals surface area contributed by atoms with Crippen LogP contribution >= 0.6 is 11.6 Å². The average molecular weight is 261 g/mol. The van der Waals surface area contributed by atoms with Gasteiger partial charge in [0.2, 0.25) is 10.0 Å². The number of hydrogen-bond acceptors (Lipinski definition) is 4. The van der Waals surface area contributed by atoms with Gasteiger partial charge in [-0.1, -0.05) is 11.6 Å². The van der Waals surface area contributed by atoms with Gasteiger partial charge in [0.25, 0.3) is 11.8 Å². The van der Waals surface area contributed by atoms with Crippen molar-refractivity contribution in [3.05, 3.63) is 28.3 Å². The van der Waals surface area contributed by atoms with E-state index in [1.807, 2.05) is 5.32 Å². The van der Waals surface area contributed by atoms with Gasteiger partial charge in [0.15, 0.2) is 0 Å². The number of rotatable bonds is 1. The monoisotopic (exact) mass is 260 g/mol. The first-order valence-corrected chi connectivity index (χ1v) is 5.95. The van der Waals surface area contributed by atoms with Gasteiger partial charge in [0.05, 0.1) is 16.1 Å². The second-order valence-electron chi connectivity index (χ2n) is 3.16. The molecule has 16 heavy (non-hydrogen) atoms. The van der Waals surface area contributed by atoms with Crippen molar-refractivity contribution < 1.29 is 18.0 Å². The lowest BCUT2D eigenvalue weighted by Gasteiger charge is -2.03. The highest BCUT2D eigenvalue weighted by molar-refractivity contribution is 7.89. The Kier molecular flexibility index (Phi) is 2.26. The zero-order valence-electron chi connectivity index (χ0n) is 7.65. The first-order valence-electron chi connectivity index (χ1n) is 4.03. The van der Waals surface area contributed by atoms with E-state index in [2.05, 4.69) is 0 Å². The molecule has 1 heterocycles. The van der Waals surface area contributed by atoms with E-state index in [9.17, 15) is 18.0 Å². The van der Waals surface area contributed by atoms with Gasteiger partial charge in [0.1, 0.15) is 4.90 Å². The number of halogens is 1. The second-order valence-corrected chi connectivity index (χ2v) is 5.09. The van der Waals surface area contributed by atoms with Crippen LogP contribution in [0.2, 0.25) is 5.02 Å². The molecular weight excluding hydrogens is 256 g/mol. The maximum Gasteiger partial charge on any atom is 0.258 e. The lowest BCUT2D eigenvalue weighted by molar-refractivity contribution is 0.0879. The summed E-state index contributed by atoms with van der Waals surface area (Å²) in [4.78, 5) is 22.1. The third kappa shape index (κ3) is 1.58. The molecule has 1 aromatic carbocycles. The Morgan fingerprint density at radius 1 is 1.12 bits per heavy atom. The van der Waals surface area contributed by atoms with Gasteiger partial charge in [-0.2, -0.15) is 0 Å². The summed E-state index contributed by atoms with van der Waals surface area (Å²) in [6.07, 6.45) is 0. The fourth-order valence-corrected chi connectivity index (χ4v) is 2.48. The van der Waals surface area contributed by atoms with Crippen molar-refractivity contribution in [1.29, 1.82) is 0 Å². The summed E-state index contributed by atoms with van der Waals surface area (Å²) in [5, 5.41) is 6.73. The van der Waals surface area contributed by atoms with E-state index >= 15 is 0 Å². The molecule has 0 unspecified atom stereocenters. The normalized spacial score (nSPS) is 14.9. The first-order chi connectivity index (χ1) is 7.30. The predicted octanol–water partition coefficient (Wildman–Crippen LogP) is -0.129. The number of sulfonamides is 1. The summed E-state index contributed by atoms with van der Waals surface area (Å²) in [5.41, 5.74) is 0.000764. The van der Waals surface area contributed by atoms with E-state index in [4.69, 9.17) is 16.7 Å². The second kappa shape index (κ2) is 3.27. The van der Waals surface area contributed by atoms with Crippen molar-refractivity contribution in [3.8, 4) is 0 Å². The molecule has 2 amide bonds. The van der Waals surface area contributed by atoms with Gasteiger partial charge in [-0.3, -0.25) is 14.9 Å². The molecule has 1 aromatic rings. The molecule has 1 aliphatic rings. The largest absolute Gasteiger partial charge is 0.288 e. The van der Waals surface area contributed by atoms with Crippen LogP contribution in [0.25, 0.3) is 0 Å². The fourth-order valence-electron chi connectivity index (χ4n) is 1.38. The minimum Gasteiger partial charge on any atom is -0.288 e. The molecular formula is C8H5ClN2O4S. The van der Waals surface area contributed by atoms with Crippen molar-refractivity contribution in [1.82, 2.24) is 5.32 Å². The van der Waals surface area contributed by atoms with Crippen molar-refractivity contribution in [2.45, 2.75) is 4.90 Å². The molecule has 8 heteroatoms. The van der Waals surface area contributed by atoms with Crippen LogP contribution in [0.4, 0.5) is 0 Å². The number of hydrogen-bond donors (Lipinski definition) is 2. The van der Waals surface area contributed by atoms with Gasteiger partial charge >= 0.3 is 0 Å². The fraction of sp³-hybridized carbons (Fsp3) is 0. The van der Waals surface area contributed by atoms with Crippen LogP contribution in [0.15, 0.2) is 17.0 Å². The molecule has 84 valence electrons. The van der Waals surface area contributed by atoms with Crippen molar-refractivity contribution >= 4 is 33.4 Å². The molecule has 0 radical (unpaired) electrons. The molecule has 0 saturated carbocycles. The summed E-state index contributed by atoms with van der Waals surface area (Å²) in [7, 11) is -4.02. The predicted molar refractivity (Wildman–Crippen MR) is 54.6 cm³/mol. The molecule has 0 saturated heterocycles. The van der Waals surface area contributed by atoms with E-state index in [-0.39, 0.29) is 21.0 Å². The van der Waals surface area contributed by atoms with Gasteiger partial charge in [0, 0.05) is 0 Å². The third-order valence-electron chi connectivity index (χ3n) is 2.09. The van der Waals surface area contributed by atoms with Crippen LogP contribution in [-0.2, 0) is 10.0 Å². The van der Waals surface area contributed by atoms with Crippen molar-refractivity contribution in [2.75, 3.05) is 0 Å². The lowest BCUT2D eigenvalue weighted by atomic mass is 10.1. The quantitative estimate of drug-likeness (QED) is 0.686. The summed E-state index contributed by atoms with van der Waals surface area (Å²) in [5.74, 6) is -1.27. The Hall–Kier alpha value is -1.44. The number of carbonyl (C=O) groups is 2.